The predicted octanol–water partition coefficient (Wildman–Crippen LogP) is -0.380. The Bertz CT molecular complexity index is 339. The number of hydrogen-bond donors (Lipinski definition) is 2. The first-order chi connectivity index (χ1) is 6.99. The van der Waals surface area contributed by atoms with Crippen LogP contribution in [0, 0.1) is 5.92 Å². The minimum atomic E-state index is -1.27. The van der Waals surface area contributed by atoms with Crippen LogP contribution < -0.4 is 16.2 Å². The third kappa shape index (κ3) is 3.70. The number of aromatic nitrogens is 2. The summed E-state index contributed by atoms with van der Waals surface area (Å²) in [5.41, 5.74) is 5.43. The molecule has 0 spiro atoms. The molecule has 15 heavy (non-hydrogen) atoms. The van der Waals surface area contributed by atoms with Gasteiger partial charge in [0.25, 0.3) is 0 Å². The number of anilines is 1. The molecule has 0 saturated carbocycles. The average molecular weight is 229 g/mol. The lowest BCUT2D eigenvalue weighted by atomic mass is 10.0. The van der Waals surface area contributed by atoms with E-state index >= 15 is 0 Å². The Morgan fingerprint density at radius 3 is 2.67 bits per heavy atom. The first kappa shape index (κ1) is 11.7. The molecule has 0 aliphatic carbocycles. The number of nitrogen functional groups attached to an aromatic ring is 1. The maximum absolute atomic E-state index is 10.4. The maximum atomic E-state index is 10.4. The zero-order valence-corrected chi connectivity index (χ0v) is 9.37. The lowest BCUT2D eigenvalue weighted by Crippen LogP contribution is -2.46. The van der Waals surface area contributed by atoms with Crippen LogP contribution >= 0.6 is 11.3 Å². The highest BCUT2D eigenvalue weighted by Crippen LogP contribution is 2.15. The van der Waals surface area contributed by atoms with Crippen LogP contribution in [0.1, 0.15) is 18.9 Å². The van der Waals surface area contributed by atoms with Crippen LogP contribution in [0.3, 0.4) is 0 Å². The minimum absolute atomic E-state index is 0.160. The monoisotopic (exact) mass is 229 g/mol. The summed E-state index contributed by atoms with van der Waals surface area (Å²) in [4.78, 5) is 10.4. The number of carbonyl (C=O) groups excluding carboxylic acids is 1. The third-order valence-electron chi connectivity index (χ3n) is 1.98. The summed E-state index contributed by atoms with van der Waals surface area (Å²) in [6.07, 6.45) is -0.785. The molecule has 3 N–H and O–H groups in total. The minimum Gasteiger partial charge on any atom is -0.530 e. The molecule has 1 rings (SSSR count). The molecule has 0 fully saturated rings. The molecule has 1 heterocycles. The first-order valence-corrected chi connectivity index (χ1v) is 5.36. The fraction of sp³-hybridized carbons (Fsp3) is 0.625. The summed E-state index contributed by atoms with van der Waals surface area (Å²) in [6.45, 7) is 3.84. The van der Waals surface area contributed by atoms with Gasteiger partial charge in [-0.25, -0.2) is 0 Å². The van der Waals surface area contributed by atoms with Crippen LogP contribution in [0.2, 0.25) is 0 Å². The molecular formula is C8H13N4O2S-. The summed E-state index contributed by atoms with van der Waals surface area (Å²) in [5, 5.41) is 21.4. The van der Waals surface area contributed by atoms with E-state index in [1.807, 2.05) is 13.8 Å². The third-order valence-corrected chi connectivity index (χ3v) is 2.76. The summed E-state index contributed by atoms with van der Waals surface area (Å²) in [6, 6.07) is -0.220. The van der Waals surface area contributed by atoms with Crippen molar-refractivity contribution in [3.8, 4) is 0 Å². The summed E-state index contributed by atoms with van der Waals surface area (Å²) in [5.74, 6) is 0.160. The zero-order valence-electron chi connectivity index (χ0n) is 8.56. The molecule has 0 unspecified atom stereocenters. The maximum Gasteiger partial charge on any atom is 0.203 e. The number of rotatable bonds is 4. The van der Waals surface area contributed by atoms with Crippen molar-refractivity contribution in [2.24, 2.45) is 5.92 Å². The van der Waals surface area contributed by atoms with Crippen LogP contribution in [-0.4, -0.2) is 22.3 Å². The molecule has 84 valence electrons. The number of carbonyl (C=O) groups is 1. The molecule has 0 radical (unpaired) electrons. The molecule has 0 saturated heterocycles. The topological polar surface area (TPSA) is 104 Å². The van der Waals surface area contributed by atoms with Gasteiger partial charge in [-0.15, -0.1) is 10.2 Å². The largest absolute Gasteiger partial charge is 0.530 e. The molecule has 0 bridgehead atoms. The Morgan fingerprint density at radius 1 is 1.60 bits per heavy atom. The van der Waals surface area contributed by atoms with Crippen LogP contribution in [-0.2, 0) is 6.42 Å². The van der Waals surface area contributed by atoms with Gasteiger partial charge in [-0.05, 0) is 5.92 Å². The molecule has 0 aliphatic rings. The van der Waals surface area contributed by atoms with Gasteiger partial charge < -0.3 is 21.0 Å². The average Bonchev–Trinajstić information content (AvgIpc) is 2.49. The smallest absolute Gasteiger partial charge is 0.203 e. The lowest BCUT2D eigenvalue weighted by molar-refractivity contribution is -0.252. The van der Waals surface area contributed by atoms with Gasteiger partial charge in [0, 0.05) is 12.5 Å². The summed E-state index contributed by atoms with van der Waals surface area (Å²) >= 11 is 1.26. The highest BCUT2D eigenvalue weighted by atomic mass is 32.1. The quantitative estimate of drug-likeness (QED) is 0.732. The Hall–Kier alpha value is -1.37. The van der Waals surface area contributed by atoms with Crippen LogP contribution in [0.5, 0.6) is 0 Å². The SMILES string of the molecule is CC(C)[C@H](Cc1nnc(N)s1)NC(=O)[O-]. The fourth-order valence-corrected chi connectivity index (χ4v) is 1.81. The second-order valence-electron chi connectivity index (χ2n) is 3.52. The van der Waals surface area contributed by atoms with Crippen molar-refractivity contribution < 1.29 is 9.90 Å². The van der Waals surface area contributed by atoms with E-state index in [-0.39, 0.29) is 12.0 Å². The highest BCUT2D eigenvalue weighted by Gasteiger charge is 2.15. The Balaban J connectivity index is 2.62. The van der Waals surface area contributed by atoms with Crippen molar-refractivity contribution >= 4 is 22.6 Å². The van der Waals surface area contributed by atoms with Crippen molar-refractivity contribution in [2.75, 3.05) is 5.73 Å². The number of nitrogens with one attached hydrogen (secondary N) is 1. The van der Waals surface area contributed by atoms with Gasteiger partial charge in [0.1, 0.15) is 11.1 Å². The van der Waals surface area contributed by atoms with Crippen molar-refractivity contribution in [3.05, 3.63) is 5.01 Å². The number of carboxylic acid groups (broad SMARTS) is 1. The molecule has 0 aliphatic heterocycles. The van der Waals surface area contributed by atoms with Crippen LogP contribution in [0.15, 0.2) is 0 Å². The number of hydrogen-bond acceptors (Lipinski definition) is 6. The second-order valence-corrected chi connectivity index (χ2v) is 4.61. The molecule has 0 aromatic carbocycles. The van der Waals surface area contributed by atoms with Gasteiger partial charge in [0.2, 0.25) is 5.13 Å². The van der Waals surface area contributed by atoms with Crippen molar-refractivity contribution in [2.45, 2.75) is 26.3 Å². The molecular weight excluding hydrogens is 216 g/mol. The summed E-state index contributed by atoms with van der Waals surface area (Å²) in [7, 11) is 0. The molecule has 1 amide bonds. The molecule has 7 heteroatoms. The zero-order chi connectivity index (χ0) is 11.4. The van der Waals surface area contributed by atoms with Gasteiger partial charge >= 0.3 is 0 Å². The van der Waals surface area contributed by atoms with E-state index in [0.717, 1.165) is 5.01 Å². The second kappa shape index (κ2) is 4.92. The van der Waals surface area contributed by atoms with Crippen molar-refractivity contribution in [3.63, 3.8) is 0 Å². The van der Waals surface area contributed by atoms with E-state index < -0.39 is 6.09 Å². The Labute approximate surface area is 91.5 Å². The van der Waals surface area contributed by atoms with E-state index in [4.69, 9.17) is 5.73 Å². The number of nitrogens with zero attached hydrogens (tertiary/aromatic N) is 2. The molecule has 1 aromatic heterocycles. The lowest BCUT2D eigenvalue weighted by Gasteiger charge is -2.22. The van der Waals surface area contributed by atoms with Crippen LogP contribution in [0.25, 0.3) is 0 Å². The Morgan fingerprint density at radius 2 is 2.27 bits per heavy atom. The van der Waals surface area contributed by atoms with Crippen LogP contribution in [0.4, 0.5) is 9.93 Å². The predicted molar refractivity (Wildman–Crippen MR) is 55.2 cm³/mol. The van der Waals surface area contributed by atoms with Gasteiger partial charge in [-0.3, -0.25) is 0 Å². The standard InChI is InChI=1S/C8H14N4O2S/c1-4(2)5(10-8(13)14)3-6-11-12-7(9)15-6/h4-5,10H,3H2,1-2H3,(H2,9,12)(H,13,14)/p-1/t5-/m0/s1. The van der Waals surface area contributed by atoms with E-state index in [1.165, 1.54) is 11.3 Å². The highest BCUT2D eigenvalue weighted by molar-refractivity contribution is 7.15. The number of amides is 1. The summed E-state index contributed by atoms with van der Waals surface area (Å²) < 4.78 is 0. The van der Waals surface area contributed by atoms with E-state index in [2.05, 4.69) is 15.5 Å². The van der Waals surface area contributed by atoms with Gasteiger partial charge in [0.15, 0.2) is 0 Å². The first-order valence-electron chi connectivity index (χ1n) is 4.54. The van der Waals surface area contributed by atoms with E-state index in [1.54, 1.807) is 0 Å². The molecule has 1 atom stereocenters. The van der Waals surface area contributed by atoms with Crippen molar-refractivity contribution in [1.29, 1.82) is 0 Å². The Kier molecular flexibility index (Phi) is 3.84. The van der Waals surface area contributed by atoms with E-state index in [9.17, 15) is 9.90 Å². The molecule has 1 aromatic rings. The van der Waals surface area contributed by atoms with Gasteiger partial charge in [0.05, 0.1) is 0 Å². The van der Waals surface area contributed by atoms with Crippen molar-refractivity contribution in [1.82, 2.24) is 15.5 Å². The van der Waals surface area contributed by atoms with Gasteiger partial charge in [-0.1, -0.05) is 25.2 Å². The fourth-order valence-electron chi connectivity index (χ4n) is 1.14. The molecule has 6 nitrogen and oxygen atoms in total. The number of nitrogens with two attached hydrogens (primary N) is 1. The van der Waals surface area contributed by atoms with Gasteiger partial charge in [-0.2, -0.15) is 0 Å². The van der Waals surface area contributed by atoms with E-state index in [0.29, 0.717) is 11.6 Å². The normalized spacial score (nSPS) is 12.7.